The molecule has 0 unspecified atom stereocenters. The van der Waals surface area contributed by atoms with Gasteiger partial charge in [0.1, 0.15) is 23.4 Å². The summed E-state index contributed by atoms with van der Waals surface area (Å²) in [4.78, 5) is 40.8. The first-order chi connectivity index (χ1) is 19.4. The molecule has 1 saturated heterocycles. The third kappa shape index (κ3) is 6.90. The molecule has 0 atom stereocenters. The van der Waals surface area contributed by atoms with E-state index in [1.807, 2.05) is 22.9 Å². The van der Waals surface area contributed by atoms with Crippen LogP contribution in [-0.2, 0) is 33.7 Å². The Bertz CT molecular complexity index is 1260. The summed E-state index contributed by atoms with van der Waals surface area (Å²) in [6.45, 7) is 2.69. The Balaban J connectivity index is 1.60. The molecule has 0 spiro atoms. The third-order valence-corrected chi connectivity index (χ3v) is 7.88. The second-order valence-electron chi connectivity index (χ2n) is 9.99. The molecule has 4 heterocycles. The molecule has 2 aliphatic heterocycles. The van der Waals surface area contributed by atoms with Crippen LogP contribution in [0.2, 0.25) is 0 Å². The number of aromatic nitrogens is 2. The van der Waals surface area contributed by atoms with Crippen LogP contribution in [0.1, 0.15) is 47.1 Å². The average molecular weight is 568 g/mol. The summed E-state index contributed by atoms with van der Waals surface area (Å²) < 4.78 is 11.1. The van der Waals surface area contributed by atoms with Crippen molar-refractivity contribution >= 4 is 35.3 Å². The molecule has 12 heteroatoms. The van der Waals surface area contributed by atoms with Gasteiger partial charge in [-0.1, -0.05) is 0 Å². The van der Waals surface area contributed by atoms with Crippen molar-refractivity contribution in [2.24, 2.45) is 0 Å². The van der Waals surface area contributed by atoms with Gasteiger partial charge in [0.05, 0.1) is 12.1 Å². The number of pyridine rings is 2. The summed E-state index contributed by atoms with van der Waals surface area (Å²) in [7, 11) is 5.02. The Kier molecular flexibility index (Phi) is 10.3. The van der Waals surface area contributed by atoms with Gasteiger partial charge in [-0.3, -0.25) is 19.9 Å². The molecule has 0 saturated carbocycles. The summed E-state index contributed by atoms with van der Waals surface area (Å²) in [5.74, 6) is 1.99. The van der Waals surface area contributed by atoms with E-state index in [4.69, 9.17) is 14.5 Å². The minimum absolute atomic E-state index is 0.0625. The molecule has 2 aromatic rings. The van der Waals surface area contributed by atoms with Crippen LogP contribution >= 0.6 is 11.8 Å². The van der Waals surface area contributed by atoms with Crippen molar-refractivity contribution in [3.63, 3.8) is 0 Å². The first-order valence-corrected chi connectivity index (χ1v) is 14.8. The lowest BCUT2D eigenvalue weighted by Gasteiger charge is -2.34. The summed E-state index contributed by atoms with van der Waals surface area (Å²) in [5.41, 5.74) is 3.70. The molecular formula is C28H37N7O4S. The summed E-state index contributed by atoms with van der Waals surface area (Å²) >= 11 is 1.76. The predicted molar refractivity (Wildman–Crippen MR) is 154 cm³/mol. The highest BCUT2D eigenvalue weighted by Crippen LogP contribution is 2.32. The zero-order valence-electron chi connectivity index (χ0n) is 23.6. The minimum Gasteiger partial charge on any atom is -0.350 e. The summed E-state index contributed by atoms with van der Waals surface area (Å²) in [6.07, 6.45) is 6.01. The number of aryl methyl sites for hydroxylation is 2. The van der Waals surface area contributed by atoms with Gasteiger partial charge in [0.15, 0.2) is 0 Å². The smallest absolute Gasteiger partial charge is 0.328 e. The van der Waals surface area contributed by atoms with E-state index in [0.29, 0.717) is 49.1 Å². The Morgan fingerprint density at radius 2 is 2.02 bits per heavy atom. The first kappa shape index (κ1) is 29.7. The molecule has 4 rings (SSSR count). The molecule has 0 bridgehead atoms. The van der Waals surface area contributed by atoms with Crippen LogP contribution in [0.3, 0.4) is 0 Å². The third-order valence-electron chi connectivity index (χ3n) is 7.18. The van der Waals surface area contributed by atoms with Gasteiger partial charge in [-0.15, -0.1) is 0 Å². The fraction of sp³-hybridized carbons (Fsp3) is 0.536. The normalized spacial score (nSPS) is 15.8. The maximum Gasteiger partial charge on any atom is 0.328 e. The molecule has 1 N–H and O–H groups in total. The van der Waals surface area contributed by atoms with Crippen molar-refractivity contribution < 1.29 is 19.1 Å². The SMILES string of the molecule is COC(OC)c1nc2c(cc1CN1CCN(C)CC1=O)CCCN2C(=O)Nc1cc(CCCSC)c(C#N)cn1. The van der Waals surface area contributed by atoms with Crippen LogP contribution in [0.25, 0.3) is 0 Å². The standard InChI is InChI=1S/C28H37N7O4S/c1-33-10-11-34(24(36)18-33)17-21-13-20-7-5-9-35(26(20)32-25(21)27(38-2)39-3)28(37)31-23-14-19(8-6-12-40-4)22(15-29)16-30-23/h13-14,16,27H,5-12,17-18H2,1-4H3,(H,30,31,37). The van der Waals surface area contributed by atoms with E-state index in [9.17, 15) is 14.9 Å². The van der Waals surface area contributed by atoms with Crippen LogP contribution in [0.4, 0.5) is 16.4 Å². The van der Waals surface area contributed by atoms with E-state index < -0.39 is 6.29 Å². The molecule has 2 aromatic heterocycles. The molecule has 0 radical (unpaired) electrons. The lowest BCUT2D eigenvalue weighted by Crippen LogP contribution is -2.48. The predicted octanol–water partition coefficient (Wildman–Crippen LogP) is 3.19. The molecule has 2 aliphatic rings. The number of urea groups is 1. The van der Waals surface area contributed by atoms with E-state index in [1.165, 1.54) is 20.4 Å². The fourth-order valence-corrected chi connectivity index (χ4v) is 5.49. The summed E-state index contributed by atoms with van der Waals surface area (Å²) in [5, 5.41) is 12.4. The zero-order chi connectivity index (χ0) is 28.6. The molecular weight excluding hydrogens is 530 g/mol. The molecule has 3 amide bonds. The number of hydrogen-bond donors (Lipinski definition) is 1. The minimum atomic E-state index is -0.751. The second-order valence-corrected chi connectivity index (χ2v) is 11.0. The van der Waals surface area contributed by atoms with Gasteiger partial charge in [0.2, 0.25) is 12.2 Å². The topological polar surface area (TPSA) is 124 Å². The van der Waals surface area contributed by atoms with Gasteiger partial charge >= 0.3 is 6.03 Å². The molecule has 11 nitrogen and oxygen atoms in total. The van der Waals surface area contributed by atoms with Gasteiger partial charge in [0.25, 0.3) is 0 Å². The quantitative estimate of drug-likeness (QED) is 0.340. The van der Waals surface area contributed by atoms with Crippen LogP contribution in [0.5, 0.6) is 0 Å². The first-order valence-electron chi connectivity index (χ1n) is 13.4. The Morgan fingerprint density at radius 1 is 1.23 bits per heavy atom. The van der Waals surface area contributed by atoms with Gasteiger partial charge in [0, 0.05) is 46.6 Å². The van der Waals surface area contributed by atoms with Gasteiger partial charge < -0.3 is 14.4 Å². The van der Waals surface area contributed by atoms with Crippen molar-refractivity contribution in [1.29, 1.82) is 5.26 Å². The number of ether oxygens (including phenoxy) is 2. The van der Waals surface area contributed by atoms with Crippen LogP contribution < -0.4 is 10.2 Å². The lowest BCUT2D eigenvalue weighted by molar-refractivity contribution is -0.136. The zero-order valence-corrected chi connectivity index (χ0v) is 24.4. The number of fused-ring (bicyclic) bond motifs is 1. The number of anilines is 2. The highest BCUT2D eigenvalue weighted by Gasteiger charge is 2.30. The molecule has 0 aliphatic carbocycles. The van der Waals surface area contributed by atoms with Gasteiger partial charge in [-0.25, -0.2) is 14.8 Å². The number of amides is 3. The number of likely N-dealkylation sites (N-methyl/N-ethyl adjacent to an activating group) is 1. The van der Waals surface area contributed by atoms with Crippen LogP contribution in [0, 0.1) is 11.3 Å². The lowest BCUT2D eigenvalue weighted by atomic mass is 10.0. The van der Waals surface area contributed by atoms with Gasteiger partial charge in [-0.2, -0.15) is 17.0 Å². The number of thioether (sulfide) groups is 1. The largest absolute Gasteiger partial charge is 0.350 e. The highest BCUT2D eigenvalue weighted by molar-refractivity contribution is 7.98. The van der Waals surface area contributed by atoms with Crippen molar-refractivity contribution in [3.05, 3.63) is 46.3 Å². The van der Waals surface area contributed by atoms with Crippen LogP contribution in [-0.4, -0.2) is 91.2 Å². The van der Waals surface area contributed by atoms with Crippen molar-refractivity contribution in [1.82, 2.24) is 19.8 Å². The van der Waals surface area contributed by atoms with E-state index >= 15 is 0 Å². The number of hydrogen-bond acceptors (Lipinski definition) is 9. The van der Waals surface area contributed by atoms with Crippen molar-refractivity contribution in [3.8, 4) is 6.07 Å². The Morgan fingerprint density at radius 3 is 2.73 bits per heavy atom. The maximum absolute atomic E-state index is 13.5. The van der Waals surface area contributed by atoms with Crippen molar-refractivity contribution in [2.75, 3.05) is 69.7 Å². The van der Waals surface area contributed by atoms with E-state index in [2.05, 4.69) is 22.6 Å². The number of nitrogens with zero attached hydrogens (tertiary/aromatic N) is 6. The second kappa shape index (κ2) is 13.9. The number of piperazine rings is 1. The molecule has 214 valence electrons. The molecule has 1 fully saturated rings. The molecule has 40 heavy (non-hydrogen) atoms. The number of rotatable bonds is 10. The van der Waals surface area contributed by atoms with Gasteiger partial charge in [-0.05, 0) is 73.6 Å². The van der Waals surface area contributed by atoms with Crippen molar-refractivity contribution in [2.45, 2.75) is 38.5 Å². The number of carbonyl (C=O) groups is 2. The fourth-order valence-electron chi connectivity index (χ4n) is 5.06. The average Bonchev–Trinajstić information content (AvgIpc) is 2.95. The van der Waals surface area contributed by atoms with E-state index in [0.717, 1.165) is 54.7 Å². The number of nitriles is 1. The molecule has 0 aromatic carbocycles. The number of methoxy groups -OCH3 is 2. The maximum atomic E-state index is 13.5. The Labute approximate surface area is 239 Å². The number of carbonyl (C=O) groups excluding carboxylic acids is 2. The van der Waals surface area contributed by atoms with Crippen LogP contribution in [0.15, 0.2) is 18.3 Å². The monoisotopic (exact) mass is 567 g/mol. The highest BCUT2D eigenvalue weighted by atomic mass is 32.2. The number of nitrogens with one attached hydrogen (secondary N) is 1. The summed E-state index contributed by atoms with van der Waals surface area (Å²) in [6, 6.07) is 5.65. The van der Waals surface area contributed by atoms with E-state index in [-0.39, 0.29) is 11.9 Å². The van der Waals surface area contributed by atoms with E-state index in [1.54, 1.807) is 22.7 Å². The Hall–Kier alpha value is -3.24.